The van der Waals surface area contributed by atoms with Gasteiger partial charge in [-0.2, -0.15) is 0 Å². The number of carbonyl (C=O) groups is 1. The van der Waals surface area contributed by atoms with Crippen molar-refractivity contribution in [3.05, 3.63) is 56.7 Å². The number of aromatic nitrogens is 1. The maximum Gasteiger partial charge on any atom is 0.408 e. The van der Waals surface area contributed by atoms with Crippen LogP contribution in [0.3, 0.4) is 0 Å². The highest BCUT2D eigenvalue weighted by atomic mass is 35.5. The van der Waals surface area contributed by atoms with Crippen LogP contribution in [0, 0.1) is 0 Å². The first-order chi connectivity index (χ1) is 11.0. The first kappa shape index (κ1) is 16.2. The molecule has 1 amide bonds. The van der Waals surface area contributed by atoms with Crippen LogP contribution < -0.4 is 10.1 Å². The fraction of sp³-hybridized carbons (Fsp3) is 0.200. The smallest absolute Gasteiger partial charge is 0.408 e. The van der Waals surface area contributed by atoms with Crippen molar-refractivity contribution < 1.29 is 14.3 Å². The minimum atomic E-state index is -0.600. The number of ether oxygens (including phenoxy) is 2. The molecule has 0 saturated heterocycles. The molecule has 0 radical (unpaired) electrons. The van der Waals surface area contributed by atoms with Crippen molar-refractivity contribution in [3.63, 3.8) is 0 Å². The molecule has 1 aromatic carbocycles. The van der Waals surface area contributed by atoms with Gasteiger partial charge in [-0.1, -0.05) is 34.8 Å². The van der Waals surface area contributed by atoms with Crippen molar-refractivity contribution in [1.29, 1.82) is 0 Å². The minimum Gasteiger partial charge on any atom is -0.473 e. The highest BCUT2D eigenvalue weighted by molar-refractivity contribution is 6.39. The molecule has 1 aromatic heterocycles. The fourth-order valence-electron chi connectivity index (χ4n) is 2.18. The number of pyridine rings is 1. The summed E-state index contributed by atoms with van der Waals surface area (Å²) >= 11 is 18.0. The number of rotatable bonds is 3. The average Bonchev–Trinajstić information content (AvgIpc) is 2.89. The first-order valence-corrected chi connectivity index (χ1v) is 7.83. The maximum atomic E-state index is 12.0. The van der Waals surface area contributed by atoms with Crippen molar-refractivity contribution in [3.8, 4) is 5.88 Å². The summed E-state index contributed by atoms with van der Waals surface area (Å²) in [6.07, 6.45) is 0.526. The molecular weight excluding hydrogens is 363 g/mol. The van der Waals surface area contributed by atoms with Crippen LogP contribution in [-0.2, 0) is 11.3 Å². The predicted octanol–water partition coefficient (Wildman–Crippen LogP) is 4.40. The molecule has 0 aliphatic carbocycles. The second-order valence-electron chi connectivity index (χ2n) is 4.80. The quantitative estimate of drug-likeness (QED) is 0.866. The number of carbonyl (C=O) groups excluding carboxylic acids is 1. The lowest BCUT2D eigenvalue weighted by Crippen LogP contribution is -2.26. The third-order valence-corrected chi connectivity index (χ3v) is 4.18. The van der Waals surface area contributed by atoms with Crippen LogP contribution in [0.1, 0.15) is 17.2 Å². The number of hydrogen-bond donors (Lipinski definition) is 1. The Kier molecular flexibility index (Phi) is 4.80. The van der Waals surface area contributed by atoms with Crippen LogP contribution in [0.15, 0.2) is 30.5 Å². The molecule has 0 saturated carbocycles. The van der Waals surface area contributed by atoms with Gasteiger partial charge in [-0.05, 0) is 24.3 Å². The Hall–Kier alpha value is -1.69. The van der Waals surface area contributed by atoms with Crippen LogP contribution in [-0.4, -0.2) is 17.7 Å². The molecule has 3 rings (SSSR count). The molecule has 0 spiro atoms. The summed E-state index contributed by atoms with van der Waals surface area (Å²) in [5.74, 6) is 0.481. The van der Waals surface area contributed by atoms with Crippen molar-refractivity contribution in [1.82, 2.24) is 10.3 Å². The summed E-state index contributed by atoms with van der Waals surface area (Å²) < 4.78 is 10.7. The molecule has 1 N–H and O–H groups in total. The molecular formula is C15H11Cl3N2O3. The number of hydrogen-bond acceptors (Lipinski definition) is 4. The van der Waals surface area contributed by atoms with Crippen LogP contribution in [0.2, 0.25) is 15.1 Å². The number of halogens is 3. The monoisotopic (exact) mass is 372 g/mol. The van der Waals surface area contributed by atoms with E-state index < -0.39 is 12.2 Å². The topological polar surface area (TPSA) is 60.5 Å². The van der Waals surface area contributed by atoms with E-state index in [0.717, 1.165) is 5.56 Å². The van der Waals surface area contributed by atoms with E-state index in [1.54, 1.807) is 30.5 Å². The van der Waals surface area contributed by atoms with Crippen LogP contribution in [0.5, 0.6) is 5.88 Å². The normalized spacial score (nSPS) is 15.7. The van der Waals surface area contributed by atoms with Gasteiger partial charge in [0.1, 0.15) is 6.61 Å². The zero-order valence-electron chi connectivity index (χ0n) is 11.7. The zero-order valence-corrected chi connectivity index (χ0v) is 14.0. The molecule has 120 valence electrons. The van der Waals surface area contributed by atoms with E-state index >= 15 is 0 Å². The summed E-state index contributed by atoms with van der Waals surface area (Å²) in [6, 6.07) is 6.68. The van der Waals surface area contributed by atoms with Gasteiger partial charge in [0.2, 0.25) is 5.88 Å². The lowest BCUT2D eigenvalue weighted by atomic mass is 10.2. The highest BCUT2D eigenvalue weighted by Crippen LogP contribution is 2.32. The van der Waals surface area contributed by atoms with E-state index in [4.69, 9.17) is 44.3 Å². The van der Waals surface area contributed by atoms with E-state index in [9.17, 15) is 4.79 Å². The summed E-state index contributed by atoms with van der Waals surface area (Å²) in [5, 5.41) is 3.79. The SMILES string of the molecule is O=C(NCc1c(Cl)cc(Cl)cc1Cl)OC1COc2ncccc21. The van der Waals surface area contributed by atoms with Gasteiger partial charge < -0.3 is 14.8 Å². The number of nitrogens with one attached hydrogen (secondary N) is 1. The van der Waals surface area contributed by atoms with Gasteiger partial charge in [-0.15, -0.1) is 0 Å². The second kappa shape index (κ2) is 6.83. The molecule has 0 fully saturated rings. The summed E-state index contributed by atoms with van der Waals surface area (Å²) in [4.78, 5) is 16.0. The standard InChI is InChI=1S/C15H11Cl3N2O3/c16-8-4-11(17)10(12(18)5-8)6-20-15(21)23-13-7-22-14-9(13)2-1-3-19-14/h1-5,13H,6-7H2,(H,20,21). The second-order valence-corrected chi connectivity index (χ2v) is 6.06. The predicted molar refractivity (Wildman–Crippen MR) is 87.3 cm³/mol. The van der Waals surface area contributed by atoms with Gasteiger partial charge in [0.15, 0.2) is 6.10 Å². The zero-order chi connectivity index (χ0) is 16.4. The Balaban J connectivity index is 1.61. The van der Waals surface area contributed by atoms with Gasteiger partial charge >= 0.3 is 6.09 Å². The van der Waals surface area contributed by atoms with Gasteiger partial charge in [0, 0.05) is 33.4 Å². The van der Waals surface area contributed by atoms with E-state index in [-0.39, 0.29) is 13.2 Å². The average molecular weight is 374 g/mol. The number of amides is 1. The Morgan fingerprint density at radius 3 is 2.83 bits per heavy atom. The summed E-state index contributed by atoms with van der Waals surface area (Å²) in [6.45, 7) is 0.364. The lowest BCUT2D eigenvalue weighted by molar-refractivity contribution is 0.0821. The Morgan fingerprint density at radius 1 is 1.35 bits per heavy atom. The van der Waals surface area contributed by atoms with Gasteiger partial charge in [-0.3, -0.25) is 0 Å². The van der Waals surface area contributed by atoms with Crippen LogP contribution in [0.25, 0.3) is 0 Å². The van der Waals surface area contributed by atoms with Gasteiger partial charge in [0.25, 0.3) is 0 Å². The fourth-order valence-corrected chi connectivity index (χ4v) is 3.13. The van der Waals surface area contributed by atoms with Crippen molar-refractivity contribution in [2.24, 2.45) is 0 Å². The largest absolute Gasteiger partial charge is 0.473 e. The Bertz CT molecular complexity index is 731. The molecule has 2 heterocycles. The number of benzene rings is 1. The number of fused-ring (bicyclic) bond motifs is 1. The summed E-state index contributed by atoms with van der Waals surface area (Å²) in [5.41, 5.74) is 1.31. The lowest BCUT2D eigenvalue weighted by Gasteiger charge is -2.13. The molecule has 1 aliphatic rings. The maximum absolute atomic E-state index is 12.0. The molecule has 1 atom stereocenters. The van der Waals surface area contributed by atoms with E-state index in [1.165, 1.54) is 0 Å². The van der Waals surface area contributed by atoms with Crippen molar-refractivity contribution >= 4 is 40.9 Å². The van der Waals surface area contributed by atoms with Gasteiger partial charge in [-0.25, -0.2) is 9.78 Å². The Morgan fingerprint density at radius 2 is 2.09 bits per heavy atom. The number of nitrogens with zero attached hydrogens (tertiary/aromatic N) is 1. The number of alkyl carbamates (subject to hydrolysis) is 1. The highest BCUT2D eigenvalue weighted by Gasteiger charge is 2.28. The van der Waals surface area contributed by atoms with Crippen LogP contribution >= 0.6 is 34.8 Å². The van der Waals surface area contributed by atoms with Gasteiger partial charge in [0.05, 0.1) is 5.56 Å². The third kappa shape index (κ3) is 3.63. The molecule has 1 unspecified atom stereocenters. The van der Waals surface area contributed by atoms with E-state index in [1.807, 2.05) is 0 Å². The molecule has 5 nitrogen and oxygen atoms in total. The minimum absolute atomic E-state index is 0.126. The van der Waals surface area contributed by atoms with E-state index in [2.05, 4.69) is 10.3 Å². The van der Waals surface area contributed by atoms with Crippen molar-refractivity contribution in [2.75, 3.05) is 6.61 Å². The van der Waals surface area contributed by atoms with Crippen LogP contribution in [0.4, 0.5) is 4.79 Å². The first-order valence-electron chi connectivity index (χ1n) is 6.70. The molecule has 0 bridgehead atoms. The molecule has 2 aromatic rings. The molecule has 1 aliphatic heterocycles. The van der Waals surface area contributed by atoms with E-state index in [0.29, 0.717) is 26.5 Å². The summed E-state index contributed by atoms with van der Waals surface area (Å²) in [7, 11) is 0. The third-order valence-electron chi connectivity index (χ3n) is 3.28. The van der Waals surface area contributed by atoms with Crippen molar-refractivity contribution in [2.45, 2.75) is 12.6 Å². The molecule has 23 heavy (non-hydrogen) atoms. The Labute approximate surface area is 147 Å². The molecule has 8 heteroatoms.